The molecule has 0 aromatic heterocycles. The fourth-order valence-corrected chi connectivity index (χ4v) is 8.76. The van der Waals surface area contributed by atoms with Crippen LogP contribution in [0.25, 0.3) is 17.2 Å². The van der Waals surface area contributed by atoms with E-state index in [1.165, 1.54) is 63.8 Å². The van der Waals surface area contributed by atoms with Gasteiger partial charge in [0, 0.05) is 17.4 Å². The summed E-state index contributed by atoms with van der Waals surface area (Å²) in [7, 11) is 0.288. The predicted molar refractivity (Wildman–Crippen MR) is 160 cm³/mol. The monoisotopic (exact) mass is 491 g/mol. The predicted octanol–water partition coefficient (Wildman–Crippen LogP) is 8.84. The molecule has 0 N–H and O–H groups in total. The molecule has 3 aliphatic rings. The van der Waals surface area contributed by atoms with Crippen molar-refractivity contribution >= 4 is 28.1 Å². The van der Waals surface area contributed by atoms with Crippen molar-refractivity contribution in [3.63, 3.8) is 0 Å². The van der Waals surface area contributed by atoms with E-state index in [0.717, 1.165) is 6.42 Å². The maximum absolute atomic E-state index is 2.57. The molecule has 3 aliphatic carbocycles. The van der Waals surface area contributed by atoms with Crippen LogP contribution in [-0.4, -0.2) is 12.5 Å². The fraction of sp³-hybridized carbons (Fsp3) is 0.371. The molecular weight excluding hydrogens is 452 g/mol. The van der Waals surface area contributed by atoms with Crippen molar-refractivity contribution in [1.29, 1.82) is 0 Å². The van der Waals surface area contributed by atoms with Gasteiger partial charge in [-0.2, -0.15) is 0 Å². The molecule has 3 aromatic carbocycles. The molecule has 0 saturated carbocycles. The summed E-state index contributed by atoms with van der Waals surface area (Å²) in [6, 6.07) is 21.3. The van der Waals surface area contributed by atoms with Crippen molar-refractivity contribution < 1.29 is 0 Å². The van der Waals surface area contributed by atoms with Gasteiger partial charge < -0.3 is 0 Å². The van der Waals surface area contributed by atoms with Gasteiger partial charge in [-0.3, -0.25) is 0 Å². The van der Waals surface area contributed by atoms with Gasteiger partial charge in [0.15, 0.2) is 0 Å². The van der Waals surface area contributed by atoms with Crippen LogP contribution >= 0.6 is 0 Å². The Balaban J connectivity index is 1.76. The number of unbranched alkanes of at least 4 members (excludes halogenated alkanes) is 1. The van der Waals surface area contributed by atoms with E-state index >= 15 is 0 Å². The molecule has 0 saturated heterocycles. The smallest absolute Gasteiger partial charge is 0.0796 e. The van der Waals surface area contributed by atoms with Gasteiger partial charge in [-0.15, -0.1) is 0 Å². The highest BCUT2D eigenvalue weighted by Crippen LogP contribution is 2.61. The molecule has 0 heterocycles. The molecule has 0 radical (unpaired) electrons. The molecule has 36 heavy (non-hydrogen) atoms. The Morgan fingerprint density at radius 2 is 1.61 bits per heavy atom. The summed E-state index contributed by atoms with van der Waals surface area (Å²) in [6.45, 7) is 9.68. The Labute approximate surface area is 220 Å². The second-order valence-electron chi connectivity index (χ2n) is 11.5. The molecule has 184 valence electrons. The van der Waals surface area contributed by atoms with Gasteiger partial charge in [0.1, 0.15) is 5.25 Å². The first-order valence-corrected chi connectivity index (χ1v) is 15.8. The largest absolute Gasteiger partial charge is 0.147 e. The molecule has 0 spiro atoms. The number of hydrogen-bond donors (Lipinski definition) is 0. The summed E-state index contributed by atoms with van der Waals surface area (Å²) in [5.74, 6) is 0.512. The van der Waals surface area contributed by atoms with Gasteiger partial charge in [0.25, 0.3) is 0 Å². The standard InChI is InChI=1S/C35H39S/c1-7-8-14-26-20-19-24-12-9-18-30-32-28-16-11-15-27(23(28)3)31(36(5)6)21-25-13-10-17-29(22(25)2)34(32)35(26,4)33(24)30/h9-13,15-20,26,31H,7-8,14,21H2,1-6H3/q+1/t26-,31?,35+/m1/s1. The van der Waals surface area contributed by atoms with E-state index in [0.29, 0.717) is 11.2 Å². The minimum atomic E-state index is -0.0184. The maximum atomic E-state index is 2.57. The first-order valence-electron chi connectivity index (χ1n) is 13.7. The summed E-state index contributed by atoms with van der Waals surface area (Å²) in [4.78, 5) is 0. The van der Waals surface area contributed by atoms with Gasteiger partial charge in [-0.05, 0) is 92.7 Å². The van der Waals surface area contributed by atoms with Crippen molar-refractivity contribution in [3.8, 4) is 0 Å². The van der Waals surface area contributed by atoms with E-state index in [1.54, 1.807) is 16.7 Å². The van der Waals surface area contributed by atoms with E-state index in [-0.39, 0.29) is 16.3 Å². The highest BCUT2D eigenvalue weighted by atomic mass is 32.2. The Hall–Kier alpha value is -2.51. The van der Waals surface area contributed by atoms with Crippen LogP contribution in [0.3, 0.4) is 0 Å². The number of allylic oxidation sites excluding steroid dienone is 2. The molecule has 1 unspecified atom stereocenters. The molecular formula is C35H39S+. The fourth-order valence-electron chi connectivity index (χ4n) is 7.48. The number of hydrogen-bond acceptors (Lipinski definition) is 0. The summed E-state index contributed by atoms with van der Waals surface area (Å²) < 4.78 is 0. The first kappa shape index (κ1) is 23.9. The molecule has 0 amide bonds. The van der Waals surface area contributed by atoms with Gasteiger partial charge in [0.2, 0.25) is 0 Å². The Kier molecular flexibility index (Phi) is 5.84. The van der Waals surface area contributed by atoms with Gasteiger partial charge >= 0.3 is 0 Å². The maximum Gasteiger partial charge on any atom is 0.147 e. The molecule has 1 heteroatoms. The molecule has 4 bridgehead atoms. The van der Waals surface area contributed by atoms with Crippen molar-refractivity contribution in [2.24, 2.45) is 5.92 Å². The molecule has 0 nitrogen and oxygen atoms in total. The third-order valence-electron chi connectivity index (χ3n) is 9.45. The lowest BCUT2D eigenvalue weighted by molar-refractivity contribution is 0.405. The van der Waals surface area contributed by atoms with Gasteiger partial charge in [-0.25, -0.2) is 0 Å². The number of rotatable bonds is 4. The van der Waals surface area contributed by atoms with Crippen LogP contribution in [0.4, 0.5) is 0 Å². The second kappa shape index (κ2) is 8.80. The van der Waals surface area contributed by atoms with Gasteiger partial charge in [0.05, 0.1) is 12.5 Å². The SMILES string of the molecule is CCCC[C@@H]1C=Cc2cccc3c2[C@@]1(C)C1=C3c2cccc(c2C)C([S+](C)C)Cc2cccc1c2C. The van der Waals surface area contributed by atoms with Crippen molar-refractivity contribution in [1.82, 2.24) is 0 Å². The lowest BCUT2D eigenvalue weighted by atomic mass is 9.62. The lowest BCUT2D eigenvalue weighted by Gasteiger charge is -2.41. The highest BCUT2D eigenvalue weighted by molar-refractivity contribution is 7.95. The van der Waals surface area contributed by atoms with Gasteiger partial charge in [-0.1, -0.05) is 93.4 Å². The molecule has 3 aromatic rings. The zero-order valence-corrected chi connectivity index (χ0v) is 23.6. The lowest BCUT2D eigenvalue weighted by Crippen LogP contribution is -2.34. The topological polar surface area (TPSA) is 0 Å². The van der Waals surface area contributed by atoms with Crippen LogP contribution in [0.1, 0.15) is 88.4 Å². The zero-order valence-electron chi connectivity index (χ0n) is 22.7. The minimum absolute atomic E-state index is 0.0184. The zero-order chi connectivity index (χ0) is 25.2. The Bertz CT molecular complexity index is 1420. The molecule has 0 fully saturated rings. The normalized spacial score (nSPS) is 23.6. The molecule has 6 rings (SSSR count). The Morgan fingerprint density at radius 1 is 0.889 bits per heavy atom. The van der Waals surface area contributed by atoms with Crippen LogP contribution in [-0.2, 0) is 22.7 Å². The van der Waals surface area contributed by atoms with Crippen LogP contribution in [0.2, 0.25) is 0 Å². The first-order chi connectivity index (χ1) is 17.4. The van der Waals surface area contributed by atoms with E-state index < -0.39 is 0 Å². The van der Waals surface area contributed by atoms with E-state index in [1.807, 2.05) is 0 Å². The third kappa shape index (κ3) is 3.28. The van der Waals surface area contributed by atoms with Crippen LogP contribution < -0.4 is 0 Å². The summed E-state index contributed by atoms with van der Waals surface area (Å²) in [5.41, 5.74) is 16.4. The minimum Gasteiger partial charge on any atom is -0.0796 e. The average molecular weight is 492 g/mol. The number of fused-ring (bicyclic) bond motifs is 8. The van der Waals surface area contributed by atoms with Crippen molar-refractivity contribution in [3.05, 3.63) is 111 Å². The van der Waals surface area contributed by atoms with Crippen molar-refractivity contribution in [2.45, 2.75) is 64.0 Å². The third-order valence-corrected chi connectivity index (χ3v) is 11.0. The molecule has 3 atom stereocenters. The average Bonchev–Trinajstić information content (AvgIpc) is 3.13. The Morgan fingerprint density at radius 3 is 2.39 bits per heavy atom. The summed E-state index contributed by atoms with van der Waals surface area (Å²) in [6.07, 6.45) is 14.7. The highest BCUT2D eigenvalue weighted by Gasteiger charge is 2.49. The van der Waals surface area contributed by atoms with Crippen LogP contribution in [0, 0.1) is 19.8 Å². The second-order valence-corrected chi connectivity index (χ2v) is 13.8. The summed E-state index contributed by atoms with van der Waals surface area (Å²) >= 11 is 0. The summed E-state index contributed by atoms with van der Waals surface area (Å²) in [5, 5.41) is 0.550. The van der Waals surface area contributed by atoms with Crippen LogP contribution in [0.15, 0.2) is 60.7 Å². The van der Waals surface area contributed by atoms with Crippen molar-refractivity contribution in [2.75, 3.05) is 12.5 Å². The number of benzene rings is 3. The molecule has 0 aliphatic heterocycles. The van der Waals surface area contributed by atoms with E-state index in [2.05, 4.69) is 107 Å². The van der Waals surface area contributed by atoms with E-state index in [9.17, 15) is 0 Å². The van der Waals surface area contributed by atoms with E-state index in [4.69, 9.17) is 0 Å². The van der Waals surface area contributed by atoms with Crippen LogP contribution in [0.5, 0.6) is 0 Å². The quantitative estimate of drug-likeness (QED) is 0.320.